The van der Waals surface area contributed by atoms with Crippen LogP contribution in [0.5, 0.6) is 5.19 Å². The molecule has 0 saturated carbocycles. The van der Waals surface area contributed by atoms with Crippen LogP contribution in [-0.2, 0) is 0 Å². The van der Waals surface area contributed by atoms with E-state index in [0.717, 1.165) is 6.61 Å². The van der Waals surface area contributed by atoms with E-state index in [1.807, 2.05) is 0 Å². The third kappa shape index (κ3) is 3.06. The summed E-state index contributed by atoms with van der Waals surface area (Å²) in [6, 6.07) is 0.529. The summed E-state index contributed by atoms with van der Waals surface area (Å²) in [6.45, 7) is 1.90. The van der Waals surface area contributed by atoms with Gasteiger partial charge in [-0.2, -0.15) is 4.98 Å². The molecular weight excluding hydrogens is 232 g/mol. The van der Waals surface area contributed by atoms with Gasteiger partial charge in [0.15, 0.2) is 0 Å². The van der Waals surface area contributed by atoms with Gasteiger partial charge in [-0.3, -0.25) is 0 Å². The first-order valence-electron chi connectivity index (χ1n) is 5.20. The Morgan fingerprint density at radius 1 is 1.67 bits per heavy atom. The maximum Gasteiger partial charge on any atom is 0.274 e. The molecule has 5 heteroatoms. The van der Waals surface area contributed by atoms with Crippen LogP contribution in [0.1, 0.15) is 19.3 Å². The summed E-state index contributed by atoms with van der Waals surface area (Å²) in [5, 5.41) is 2.99. The number of halogens is 1. The van der Waals surface area contributed by atoms with Gasteiger partial charge in [-0.05, 0) is 26.4 Å². The fourth-order valence-corrected chi connectivity index (χ4v) is 2.63. The Hall–Kier alpha value is -0.320. The Balaban J connectivity index is 1.81. The monoisotopic (exact) mass is 246 g/mol. The highest BCUT2D eigenvalue weighted by Crippen LogP contribution is 2.22. The molecule has 1 aliphatic rings. The highest BCUT2D eigenvalue weighted by atomic mass is 35.5. The molecule has 2 rings (SSSR count). The standard InChI is InChI=1S/C10H15ClN2OS/c1-13-5-3-2-4-8(13)6-14-10-12-9(11)7-15-10/h7-8H,2-6H2,1H3. The zero-order chi connectivity index (χ0) is 10.7. The molecule has 1 aromatic rings. The number of thiazole rings is 1. The molecular formula is C10H15ClN2OS. The van der Waals surface area contributed by atoms with Gasteiger partial charge in [-0.1, -0.05) is 29.4 Å². The smallest absolute Gasteiger partial charge is 0.274 e. The summed E-state index contributed by atoms with van der Waals surface area (Å²) in [7, 11) is 2.15. The molecule has 1 aromatic heterocycles. The molecule has 1 atom stereocenters. The molecule has 15 heavy (non-hydrogen) atoms. The predicted molar refractivity (Wildman–Crippen MR) is 62.9 cm³/mol. The van der Waals surface area contributed by atoms with E-state index in [2.05, 4.69) is 16.9 Å². The summed E-state index contributed by atoms with van der Waals surface area (Å²) in [5.74, 6) is 0. The van der Waals surface area contributed by atoms with Gasteiger partial charge in [0, 0.05) is 11.4 Å². The van der Waals surface area contributed by atoms with E-state index in [0.29, 0.717) is 16.4 Å². The maximum absolute atomic E-state index is 5.72. The van der Waals surface area contributed by atoms with Gasteiger partial charge in [0.2, 0.25) is 0 Å². The molecule has 84 valence electrons. The third-order valence-corrected chi connectivity index (χ3v) is 3.85. The van der Waals surface area contributed by atoms with Gasteiger partial charge in [-0.25, -0.2) is 0 Å². The second kappa shape index (κ2) is 5.14. The number of piperidine rings is 1. The van der Waals surface area contributed by atoms with Crippen molar-refractivity contribution in [3.63, 3.8) is 0 Å². The van der Waals surface area contributed by atoms with E-state index < -0.39 is 0 Å². The van der Waals surface area contributed by atoms with E-state index in [1.54, 1.807) is 5.38 Å². The Bertz CT molecular complexity index is 318. The van der Waals surface area contributed by atoms with Crippen molar-refractivity contribution >= 4 is 22.9 Å². The molecule has 0 radical (unpaired) electrons. The lowest BCUT2D eigenvalue weighted by atomic mass is 10.0. The van der Waals surface area contributed by atoms with Crippen LogP contribution in [0.15, 0.2) is 5.38 Å². The van der Waals surface area contributed by atoms with Crippen molar-refractivity contribution in [1.29, 1.82) is 0 Å². The predicted octanol–water partition coefficient (Wildman–Crippen LogP) is 2.66. The van der Waals surface area contributed by atoms with Crippen LogP contribution in [0.4, 0.5) is 0 Å². The second-order valence-corrected chi connectivity index (χ2v) is 5.09. The summed E-state index contributed by atoms with van der Waals surface area (Å²) >= 11 is 7.18. The van der Waals surface area contributed by atoms with Crippen LogP contribution in [-0.4, -0.2) is 36.1 Å². The number of likely N-dealkylation sites (tertiary alicyclic amines) is 1. The number of nitrogens with zero attached hydrogens (tertiary/aromatic N) is 2. The first kappa shape index (κ1) is 11.2. The lowest BCUT2D eigenvalue weighted by Gasteiger charge is -2.31. The molecule has 0 aliphatic carbocycles. The molecule has 0 bridgehead atoms. The number of likely N-dealkylation sites (N-methyl/N-ethyl adjacent to an activating group) is 1. The van der Waals surface area contributed by atoms with Gasteiger partial charge in [-0.15, -0.1) is 0 Å². The molecule has 0 N–H and O–H groups in total. The number of ether oxygens (including phenoxy) is 1. The Labute approximate surface area is 99.0 Å². The summed E-state index contributed by atoms with van der Waals surface area (Å²) in [5.41, 5.74) is 0. The zero-order valence-corrected chi connectivity index (χ0v) is 10.4. The van der Waals surface area contributed by atoms with Crippen LogP contribution in [0.3, 0.4) is 0 Å². The molecule has 1 fully saturated rings. The quantitative estimate of drug-likeness (QED) is 0.820. The van der Waals surface area contributed by atoms with E-state index in [-0.39, 0.29) is 0 Å². The van der Waals surface area contributed by atoms with Gasteiger partial charge < -0.3 is 9.64 Å². The van der Waals surface area contributed by atoms with Gasteiger partial charge in [0.25, 0.3) is 5.19 Å². The average Bonchev–Trinajstić information content (AvgIpc) is 2.63. The van der Waals surface area contributed by atoms with Crippen molar-refractivity contribution in [3.8, 4) is 5.19 Å². The minimum atomic E-state index is 0.520. The summed E-state index contributed by atoms with van der Waals surface area (Å²) < 4.78 is 5.62. The molecule has 1 aliphatic heterocycles. The minimum Gasteiger partial charge on any atom is -0.468 e. The lowest BCUT2D eigenvalue weighted by Crippen LogP contribution is -2.40. The topological polar surface area (TPSA) is 25.4 Å². The fourth-order valence-electron chi connectivity index (χ4n) is 1.83. The highest BCUT2D eigenvalue weighted by Gasteiger charge is 2.19. The molecule has 0 spiro atoms. The first-order chi connectivity index (χ1) is 7.25. The Kier molecular flexibility index (Phi) is 3.83. The third-order valence-electron chi connectivity index (χ3n) is 2.78. The Morgan fingerprint density at radius 3 is 3.20 bits per heavy atom. The van der Waals surface area contributed by atoms with Gasteiger partial charge >= 0.3 is 0 Å². The summed E-state index contributed by atoms with van der Waals surface area (Å²) in [6.07, 6.45) is 3.82. The van der Waals surface area contributed by atoms with Crippen LogP contribution in [0.25, 0.3) is 0 Å². The van der Waals surface area contributed by atoms with Gasteiger partial charge in [0.1, 0.15) is 11.8 Å². The van der Waals surface area contributed by atoms with Crippen LogP contribution < -0.4 is 4.74 Å². The van der Waals surface area contributed by atoms with E-state index >= 15 is 0 Å². The van der Waals surface area contributed by atoms with Crippen molar-refractivity contribution in [2.45, 2.75) is 25.3 Å². The molecule has 1 unspecified atom stereocenters. The van der Waals surface area contributed by atoms with Crippen molar-refractivity contribution in [1.82, 2.24) is 9.88 Å². The molecule has 0 aromatic carbocycles. The summed E-state index contributed by atoms with van der Waals surface area (Å²) in [4.78, 5) is 6.42. The number of hydrogen-bond acceptors (Lipinski definition) is 4. The van der Waals surface area contributed by atoms with Crippen molar-refractivity contribution < 1.29 is 4.74 Å². The van der Waals surface area contributed by atoms with Crippen LogP contribution in [0, 0.1) is 0 Å². The normalized spacial score (nSPS) is 22.9. The van der Waals surface area contributed by atoms with Crippen LogP contribution in [0.2, 0.25) is 5.15 Å². The average molecular weight is 247 g/mol. The zero-order valence-electron chi connectivity index (χ0n) is 8.78. The highest BCUT2D eigenvalue weighted by molar-refractivity contribution is 7.11. The number of rotatable bonds is 3. The Morgan fingerprint density at radius 2 is 2.53 bits per heavy atom. The molecule has 3 nitrogen and oxygen atoms in total. The fraction of sp³-hybridized carbons (Fsp3) is 0.700. The minimum absolute atomic E-state index is 0.520. The molecule has 2 heterocycles. The largest absolute Gasteiger partial charge is 0.468 e. The molecule has 0 amide bonds. The van der Waals surface area contributed by atoms with Crippen molar-refractivity contribution in [2.24, 2.45) is 0 Å². The second-order valence-electron chi connectivity index (χ2n) is 3.88. The van der Waals surface area contributed by atoms with Crippen molar-refractivity contribution in [3.05, 3.63) is 10.5 Å². The van der Waals surface area contributed by atoms with Crippen LogP contribution >= 0.6 is 22.9 Å². The maximum atomic E-state index is 5.72. The number of hydrogen-bond donors (Lipinski definition) is 0. The van der Waals surface area contributed by atoms with E-state index in [9.17, 15) is 0 Å². The van der Waals surface area contributed by atoms with E-state index in [1.165, 1.54) is 37.1 Å². The number of aromatic nitrogens is 1. The SMILES string of the molecule is CN1CCCCC1COc1nc(Cl)cs1. The lowest BCUT2D eigenvalue weighted by molar-refractivity contribution is 0.125. The van der Waals surface area contributed by atoms with E-state index in [4.69, 9.17) is 16.3 Å². The van der Waals surface area contributed by atoms with Crippen molar-refractivity contribution in [2.75, 3.05) is 20.2 Å². The first-order valence-corrected chi connectivity index (χ1v) is 6.45. The van der Waals surface area contributed by atoms with Gasteiger partial charge in [0.05, 0.1) is 0 Å². The molecule has 1 saturated heterocycles.